The van der Waals surface area contributed by atoms with Crippen molar-refractivity contribution >= 4 is 10.9 Å². The number of fused-ring (bicyclic) bond motifs is 2. The second-order valence-corrected chi connectivity index (χ2v) is 6.00. The van der Waals surface area contributed by atoms with Gasteiger partial charge in [0.1, 0.15) is 0 Å². The molecule has 21 heavy (non-hydrogen) atoms. The molecular formula is C20H19N. The lowest BCUT2D eigenvalue weighted by atomic mass is 9.82. The van der Waals surface area contributed by atoms with Crippen LogP contribution in [0.3, 0.4) is 0 Å². The van der Waals surface area contributed by atoms with Crippen LogP contribution < -0.4 is 0 Å². The first-order chi connectivity index (χ1) is 10.4. The molecule has 1 aliphatic rings. The molecule has 104 valence electrons. The Morgan fingerprint density at radius 3 is 2.67 bits per heavy atom. The van der Waals surface area contributed by atoms with Crippen LogP contribution in [0.5, 0.6) is 0 Å². The Kier molecular flexibility index (Phi) is 3.19. The quantitative estimate of drug-likeness (QED) is 0.647. The maximum Gasteiger partial charge on any atom is 0.0705 e. The molecule has 0 saturated carbocycles. The number of hydrogen-bond acceptors (Lipinski definition) is 1. The van der Waals surface area contributed by atoms with Gasteiger partial charge in [0, 0.05) is 17.0 Å². The Balaban J connectivity index is 1.74. The molecule has 0 radical (unpaired) electrons. The Bertz CT molecular complexity index is 761. The van der Waals surface area contributed by atoms with Gasteiger partial charge in [-0.25, -0.2) is 0 Å². The smallest absolute Gasteiger partial charge is 0.0705 e. The third-order valence-corrected chi connectivity index (χ3v) is 4.55. The van der Waals surface area contributed by atoms with E-state index in [1.54, 1.807) is 0 Å². The highest BCUT2D eigenvalue weighted by atomic mass is 14.7. The van der Waals surface area contributed by atoms with E-state index in [0.29, 0.717) is 5.92 Å². The highest BCUT2D eigenvalue weighted by Gasteiger charge is 2.22. The highest BCUT2D eigenvalue weighted by molar-refractivity contribution is 5.79. The molecule has 0 saturated heterocycles. The monoisotopic (exact) mass is 273 g/mol. The van der Waals surface area contributed by atoms with Gasteiger partial charge in [-0.2, -0.15) is 0 Å². The van der Waals surface area contributed by atoms with Gasteiger partial charge < -0.3 is 0 Å². The number of aromatic nitrogens is 1. The number of para-hydroxylation sites is 1. The molecule has 0 bridgehead atoms. The summed E-state index contributed by atoms with van der Waals surface area (Å²) in [5.74, 6) is 0.570. The van der Waals surface area contributed by atoms with Gasteiger partial charge in [0.2, 0.25) is 0 Å². The number of pyridine rings is 1. The van der Waals surface area contributed by atoms with E-state index in [0.717, 1.165) is 11.9 Å². The topological polar surface area (TPSA) is 12.9 Å². The van der Waals surface area contributed by atoms with E-state index in [1.165, 1.54) is 41.5 Å². The summed E-state index contributed by atoms with van der Waals surface area (Å²) in [5, 5.41) is 1.27. The van der Waals surface area contributed by atoms with Crippen molar-refractivity contribution in [1.82, 2.24) is 4.98 Å². The van der Waals surface area contributed by atoms with Crippen molar-refractivity contribution in [2.75, 3.05) is 0 Å². The number of hydrogen-bond donors (Lipinski definition) is 0. The van der Waals surface area contributed by atoms with Gasteiger partial charge in [0.15, 0.2) is 0 Å². The predicted molar refractivity (Wildman–Crippen MR) is 87.6 cm³/mol. The lowest BCUT2D eigenvalue weighted by Gasteiger charge is -2.25. The van der Waals surface area contributed by atoms with Crippen LogP contribution >= 0.6 is 0 Å². The Morgan fingerprint density at radius 1 is 0.952 bits per heavy atom. The van der Waals surface area contributed by atoms with Gasteiger partial charge in [0.05, 0.1) is 5.52 Å². The fraction of sp³-hybridized carbons (Fsp3) is 0.250. The van der Waals surface area contributed by atoms with Crippen LogP contribution in [0.15, 0.2) is 60.7 Å². The van der Waals surface area contributed by atoms with E-state index in [-0.39, 0.29) is 0 Å². The number of rotatable bonds is 2. The highest BCUT2D eigenvalue weighted by Crippen LogP contribution is 2.34. The summed E-state index contributed by atoms with van der Waals surface area (Å²) in [6.45, 7) is 0. The molecule has 4 rings (SSSR count). The van der Waals surface area contributed by atoms with Crippen molar-refractivity contribution < 1.29 is 0 Å². The van der Waals surface area contributed by atoms with Crippen molar-refractivity contribution in [2.45, 2.75) is 31.6 Å². The summed E-state index contributed by atoms with van der Waals surface area (Å²) >= 11 is 0. The van der Waals surface area contributed by atoms with Crippen molar-refractivity contribution in [3.05, 3.63) is 77.5 Å². The molecule has 1 atom stereocenters. The van der Waals surface area contributed by atoms with Gasteiger partial charge in [-0.3, -0.25) is 4.98 Å². The number of benzene rings is 2. The van der Waals surface area contributed by atoms with Crippen LogP contribution in [-0.4, -0.2) is 4.98 Å². The molecule has 1 unspecified atom stereocenters. The van der Waals surface area contributed by atoms with Gasteiger partial charge in [-0.15, -0.1) is 0 Å². The fourth-order valence-corrected chi connectivity index (χ4v) is 3.50. The van der Waals surface area contributed by atoms with Gasteiger partial charge in [-0.05, 0) is 48.9 Å². The first kappa shape index (κ1) is 12.6. The fourth-order valence-electron chi connectivity index (χ4n) is 3.50. The normalized spacial score (nSPS) is 17.6. The Labute approximate surface area is 125 Å². The molecular weight excluding hydrogens is 254 g/mol. The molecule has 1 aromatic heterocycles. The zero-order chi connectivity index (χ0) is 14.1. The van der Waals surface area contributed by atoms with E-state index in [1.807, 2.05) is 0 Å². The standard InChI is InChI=1S/C20H19N/c1-2-7-15(8-3-1)13-17-10-6-11-18-14-16-9-4-5-12-19(16)21-20(17)18/h1-5,7-9,12,14,17H,6,10-11,13H2. The van der Waals surface area contributed by atoms with Gasteiger partial charge in [-0.1, -0.05) is 48.5 Å². The lowest BCUT2D eigenvalue weighted by Crippen LogP contribution is -2.14. The minimum absolute atomic E-state index is 0.570. The van der Waals surface area contributed by atoms with Crippen LogP contribution in [0, 0.1) is 0 Å². The minimum Gasteiger partial charge on any atom is -0.252 e. The summed E-state index contributed by atoms with van der Waals surface area (Å²) in [4.78, 5) is 4.99. The van der Waals surface area contributed by atoms with E-state index in [4.69, 9.17) is 4.98 Å². The predicted octanol–water partition coefficient (Wildman–Crippen LogP) is 4.90. The van der Waals surface area contributed by atoms with E-state index in [2.05, 4.69) is 60.7 Å². The molecule has 0 aliphatic heterocycles. The Morgan fingerprint density at radius 2 is 1.76 bits per heavy atom. The first-order valence-electron chi connectivity index (χ1n) is 7.82. The molecule has 1 aliphatic carbocycles. The molecule has 0 spiro atoms. The van der Waals surface area contributed by atoms with Crippen LogP contribution in [0.4, 0.5) is 0 Å². The molecule has 1 heterocycles. The van der Waals surface area contributed by atoms with Crippen molar-refractivity contribution in [2.24, 2.45) is 0 Å². The second kappa shape index (κ2) is 5.33. The molecule has 1 heteroatoms. The average molecular weight is 273 g/mol. The molecule has 0 N–H and O–H groups in total. The first-order valence-corrected chi connectivity index (χ1v) is 7.82. The third-order valence-electron chi connectivity index (χ3n) is 4.55. The summed E-state index contributed by atoms with van der Waals surface area (Å²) in [6.07, 6.45) is 4.83. The third kappa shape index (κ3) is 2.44. The van der Waals surface area contributed by atoms with E-state index in [9.17, 15) is 0 Å². The van der Waals surface area contributed by atoms with Crippen molar-refractivity contribution in [1.29, 1.82) is 0 Å². The molecule has 0 amide bonds. The maximum absolute atomic E-state index is 4.99. The number of aryl methyl sites for hydroxylation is 1. The summed E-state index contributed by atoms with van der Waals surface area (Å²) < 4.78 is 0. The zero-order valence-electron chi connectivity index (χ0n) is 12.1. The SMILES string of the molecule is c1ccc(CC2CCCc3cc4ccccc4nc32)cc1. The Hall–Kier alpha value is -2.15. The van der Waals surface area contributed by atoms with Crippen molar-refractivity contribution in [3.63, 3.8) is 0 Å². The molecule has 3 aromatic rings. The summed E-state index contributed by atoms with van der Waals surface area (Å²) in [5.41, 5.74) is 5.35. The van der Waals surface area contributed by atoms with E-state index >= 15 is 0 Å². The van der Waals surface area contributed by atoms with E-state index < -0.39 is 0 Å². The van der Waals surface area contributed by atoms with Gasteiger partial charge in [0.25, 0.3) is 0 Å². The lowest BCUT2D eigenvalue weighted by molar-refractivity contribution is 0.537. The molecule has 1 nitrogen and oxygen atoms in total. The molecule has 2 aromatic carbocycles. The minimum atomic E-state index is 0.570. The summed E-state index contributed by atoms with van der Waals surface area (Å²) in [7, 11) is 0. The van der Waals surface area contributed by atoms with Crippen LogP contribution in [0.25, 0.3) is 10.9 Å². The zero-order valence-corrected chi connectivity index (χ0v) is 12.1. The van der Waals surface area contributed by atoms with Crippen LogP contribution in [0.1, 0.15) is 35.6 Å². The number of nitrogens with zero attached hydrogens (tertiary/aromatic N) is 1. The van der Waals surface area contributed by atoms with Crippen molar-refractivity contribution in [3.8, 4) is 0 Å². The average Bonchev–Trinajstić information content (AvgIpc) is 2.54. The van der Waals surface area contributed by atoms with Crippen LogP contribution in [-0.2, 0) is 12.8 Å². The molecule has 0 fully saturated rings. The second-order valence-electron chi connectivity index (χ2n) is 6.00. The maximum atomic E-state index is 4.99. The van der Waals surface area contributed by atoms with Crippen LogP contribution in [0.2, 0.25) is 0 Å². The largest absolute Gasteiger partial charge is 0.252 e. The summed E-state index contributed by atoms with van der Waals surface area (Å²) in [6, 6.07) is 21.6. The van der Waals surface area contributed by atoms with Gasteiger partial charge >= 0.3 is 0 Å².